The fourth-order valence-corrected chi connectivity index (χ4v) is 4.84. The van der Waals surface area contributed by atoms with Crippen molar-refractivity contribution < 1.29 is 29.3 Å². The normalized spacial score (nSPS) is 45.1. The number of rotatable bonds is 6. The zero-order chi connectivity index (χ0) is 15.1. The molecule has 3 rings (SSSR count). The minimum atomic E-state index is -1.04. The molecule has 21 heavy (non-hydrogen) atoms. The molecule has 0 radical (unpaired) electrons. The van der Waals surface area contributed by atoms with Gasteiger partial charge in [-0.05, 0) is 31.1 Å². The summed E-state index contributed by atoms with van der Waals surface area (Å²) in [5.74, 6) is -3.49. The van der Waals surface area contributed by atoms with Gasteiger partial charge < -0.3 is 19.7 Å². The summed E-state index contributed by atoms with van der Waals surface area (Å²) in [6.45, 7) is 1.46. The Hall–Kier alpha value is -0.660. The van der Waals surface area contributed by atoms with E-state index in [4.69, 9.17) is 9.47 Å². The number of halogens is 1. The van der Waals surface area contributed by atoms with Crippen molar-refractivity contribution in [1.29, 1.82) is 0 Å². The fourth-order valence-electron chi connectivity index (χ4n) is 3.60. The second kappa shape index (κ2) is 5.85. The molecule has 3 aliphatic rings. The first-order valence-corrected chi connectivity index (χ1v) is 8.21. The second-order valence-corrected chi connectivity index (χ2v) is 7.35. The van der Waals surface area contributed by atoms with Crippen LogP contribution < -0.4 is 0 Å². The van der Waals surface area contributed by atoms with Crippen LogP contribution in [-0.4, -0.2) is 52.4 Å². The van der Waals surface area contributed by atoms with Gasteiger partial charge in [0.05, 0.1) is 37.3 Å². The monoisotopic (exact) mass is 362 g/mol. The molecule has 3 fully saturated rings. The standard InChI is InChI=1S/C14H19BrO6/c15-12-9(3-8-5-21-8)6(1-7-4-20-7)2-10(13(16)17)11(12)14(18)19/h6-12H,1-5H2,(H,16,17)(H,18,19). The largest absolute Gasteiger partial charge is 0.481 e. The zero-order valence-electron chi connectivity index (χ0n) is 11.5. The maximum atomic E-state index is 11.5. The van der Waals surface area contributed by atoms with Crippen molar-refractivity contribution in [3.8, 4) is 0 Å². The molecule has 6 nitrogen and oxygen atoms in total. The molecule has 0 aromatic rings. The van der Waals surface area contributed by atoms with E-state index in [-0.39, 0.29) is 28.9 Å². The van der Waals surface area contributed by atoms with Crippen molar-refractivity contribution in [3.05, 3.63) is 0 Å². The first-order chi connectivity index (χ1) is 9.97. The predicted molar refractivity (Wildman–Crippen MR) is 75.3 cm³/mol. The molecule has 7 atom stereocenters. The summed E-state index contributed by atoms with van der Waals surface area (Å²) in [5.41, 5.74) is 0. The lowest BCUT2D eigenvalue weighted by molar-refractivity contribution is -0.157. The molecule has 7 unspecified atom stereocenters. The Morgan fingerprint density at radius 1 is 1.05 bits per heavy atom. The quantitative estimate of drug-likeness (QED) is 0.546. The van der Waals surface area contributed by atoms with Gasteiger partial charge in [-0.1, -0.05) is 15.9 Å². The first kappa shape index (κ1) is 15.2. The van der Waals surface area contributed by atoms with Crippen LogP contribution >= 0.6 is 15.9 Å². The predicted octanol–water partition coefficient (Wildman–Crippen LogP) is 1.37. The van der Waals surface area contributed by atoms with Crippen molar-refractivity contribution in [3.63, 3.8) is 0 Å². The minimum absolute atomic E-state index is 0.124. The lowest BCUT2D eigenvalue weighted by Gasteiger charge is -2.42. The van der Waals surface area contributed by atoms with Gasteiger partial charge in [0.2, 0.25) is 0 Å². The van der Waals surface area contributed by atoms with Crippen LogP contribution in [0.15, 0.2) is 0 Å². The summed E-state index contributed by atoms with van der Waals surface area (Å²) in [5, 5.41) is 18.8. The summed E-state index contributed by atoms with van der Waals surface area (Å²) in [4.78, 5) is 22.6. The summed E-state index contributed by atoms with van der Waals surface area (Å²) in [6.07, 6.45) is 2.44. The number of hydrogen-bond donors (Lipinski definition) is 2. The third-order valence-electron chi connectivity index (χ3n) is 4.86. The number of hydrogen-bond acceptors (Lipinski definition) is 4. The SMILES string of the molecule is O=C(O)C1CC(CC2CO2)C(CC2CO2)C(Br)C1C(=O)O. The van der Waals surface area contributed by atoms with Crippen molar-refractivity contribution in [2.45, 2.75) is 36.3 Å². The van der Waals surface area contributed by atoms with Crippen LogP contribution in [0.5, 0.6) is 0 Å². The fraction of sp³-hybridized carbons (Fsp3) is 0.857. The van der Waals surface area contributed by atoms with Gasteiger partial charge in [-0.15, -0.1) is 0 Å². The van der Waals surface area contributed by atoms with Gasteiger partial charge in [0, 0.05) is 4.83 Å². The van der Waals surface area contributed by atoms with E-state index in [0.717, 1.165) is 26.1 Å². The summed E-state index contributed by atoms with van der Waals surface area (Å²) in [7, 11) is 0. The van der Waals surface area contributed by atoms with Crippen LogP contribution in [0.3, 0.4) is 0 Å². The highest BCUT2D eigenvalue weighted by Crippen LogP contribution is 2.48. The number of aliphatic carboxylic acids is 2. The molecular formula is C14H19BrO6. The molecule has 0 aromatic heterocycles. The van der Waals surface area contributed by atoms with E-state index in [2.05, 4.69) is 15.9 Å². The van der Waals surface area contributed by atoms with Crippen LogP contribution in [0.4, 0.5) is 0 Å². The molecule has 0 amide bonds. The van der Waals surface area contributed by atoms with E-state index in [1.807, 2.05) is 0 Å². The van der Waals surface area contributed by atoms with Crippen LogP contribution in [0.1, 0.15) is 19.3 Å². The second-order valence-electron chi connectivity index (χ2n) is 6.29. The Morgan fingerprint density at radius 2 is 1.62 bits per heavy atom. The molecule has 7 heteroatoms. The van der Waals surface area contributed by atoms with E-state index in [1.54, 1.807) is 0 Å². The van der Waals surface area contributed by atoms with Crippen LogP contribution in [-0.2, 0) is 19.1 Å². The van der Waals surface area contributed by atoms with E-state index < -0.39 is 23.8 Å². The lowest BCUT2D eigenvalue weighted by Crippen LogP contribution is -2.48. The molecule has 2 saturated heterocycles. The smallest absolute Gasteiger partial charge is 0.308 e. The van der Waals surface area contributed by atoms with Gasteiger partial charge in [-0.25, -0.2) is 0 Å². The van der Waals surface area contributed by atoms with Crippen molar-refractivity contribution in [2.24, 2.45) is 23.7 Å². The summed E-state index contributed by atoms with van der Waals surface area (Å²) >= 11 is 3.50. The van der Waals surface area contributed by atoms with Gasteiger partial charge in [0.15, 0.2) is 0 Å². The van der Waals surface area contributed by atoms with E-state index >= 15 is 0 Å². The molecule has 2 heterocycles. The molecular weight excluding hydrogens is 344 g/mol. The molecule has 0 spiro atoms. The highest BCUT2D eigenvalue weighted by molar-refractivity contribution is 9.09. The van der Waals surface area contributed by atoms with Crippen molar-refractivity contribution in [1.82, 2.24) is 0 Å². The van der Waals surface area contributed by atoms with Crippen LogP contribution in [0.2, 0.25) is 0 Å². The van der Waals surface area contributed by atoms with E-state index in [0.29, 0.717) is 6.42 Å². The maximum absolute atomic E-state index is 11.5. The minimum Gasteiger partial charge on any atom is -0.481 e. The first-order valence-electron chi connectivity index (χ1n) is 7.30. The molecule has 1 saturated carbocycles. The van der Waals surface area contributed by atoms with Crippen molar-refractivity contribution in [2.75, 3.05) is 13.2 Å². The van der Waals surface area contributed by atoms with Gasteiger partial charge in [-0.3, -0.25) is 9.59 Å². The third-order valence-corrected chi connectivity index (χ3v) is 6.10. The van der Waals surface area contributed by atoms with Crippen LogP contribution in [0.25, 0.3) is 0 Å². The lowest BCUT2D eigenvalue weighted by atomic mass is 9.65. The molecule has 2 aliphatic heterocycles. The summed E-state index contributed by atoms with van der Waals surface area (Å²) in [6, 6.07) is 0. The Bertz CT molecular complexity index is 433. The molecule has 0 bridgehead atoms. The average molecular weight is 363 g/mol. The van der Waals surface area contributed by atoms with Gasteiger partial charge in [0.25, 0.3) is 0 Å². The molecule has 0 aromatic carbocycles. The maximum Gasteiger partial charge on any atom is 0.308 e. The zero-order valence-corrected chi connectivity index (χ0v) is 13.1. The number of epoxide rings is 2. The Labute approximate surface area is 130 Å². The number of ether oxygens (including phenoxy) is 2. The molecule has 1 aliphatic carbocycles. The van der Waals surface area contributed by atoms with E-state index in [1.165, 1.54) is 0 Å². The highest BCUT2D eigenvalue weighted by atomic mass is 79.9. The Balaban J connectivity index is 1.79. The topological polar surface area (TPSA) is 99.7 Å². The number of carboxylic acids is 2. The summed E-state index contributed by atoms with van der Waals surface area (Å²) < 4.78 is 10.6. The molecule has 118 valence electrons. The van der Waals surface area contributed by atoms with Gasteiger partial charge >= 0.3 is 11.9 Å². The highest BCUT2D eigenvalue weighted by Gasteiger charge is 2.51. The Morgan fingerprint density at radius 3 is 2.10 bits per heavy atom. The average Bonchev–Trinajstić information content (AvgIpc) is 3.27. The Kier molecular flexibility index (Phi) is 4.25. The number of carbonyl (C=O) groups is 2. The number of alkyl halides is 1. The van der Waals surface area contributed by atoms with Gasteiger partial charge in [0.1, 0.15) is 0 Å². The number of carboxylic acid groups (broad SMARTS) is 2. The third kappa shape index (κ3) is 3.40. The van der Waals surface area contributed by atoms with Crippen molar-refractivity contribution >= 4 is 27.9 Å². The van der Waals surface area contributed by atoms with Crippen LogP contribution in [0, 0.1) is 23.7 Å². The molecule has 2 N–H and O–H groups in total. The van der Waals surface area contributed by atoms with E-state index in [9.17, 15) is 19.8 Å². The van der Waals surface area contributed by atoms with Gasteiger partial charge in [-0.2, -0.15) is 0 Å².